The number of rotatable bonds is 3. The first kappa shape index (κ1) is 22.8. The maximum Gasteiger partial charge on any atom is 0.410 e. The van der Waals surface area contributed by atoms with E-state index >= 15 is 0 Å². The third-order valence-electron chi connectivity index (χ3n) is 7.12. The number of allylic oxidation sites excluding steroid dienone is 1. The summed E-state index contributed by atoms with van der Waals surface area (Å²) in [5, 5.41) is -0.798. The van der Waals surface area contributed by atoms with E-state index in [1.807, 2.05) is 43.3 Å². The van der Waals surface area contributed by atoms with Crippen LogP contribution in [0.4, 0.5) is 4.79 Å². The number of hydrogen-bond acceptors (Lipinski definition) is 5. The zero-order valence-electron chi connectivity index (χ0n) is 19.8. The van der Waals surface area contributed by atoms with Crippen LogP contribution in [0, 0.1) is 18.8 Å². The molecule has 2 saturated heterocycles. The molecule has 2 heterocycles. The number of benzene rings is 2. The van der Waals surface area contributed by atoms with E-state index in [1.54, 1.807) is 49.9 Å². The van der Waals surface area contributed by atoms with Gasteiger partial charge in [0.15, 0.2) is 15.6 Å². The molecule has 2 aromatic rings. The maximum atomic E-state index is 13.7. The number of ether oxygens (including phenoxy) is 1. The van der Waals surface area contributed by atoms with Crippen molar-refractivity contribution in [3.63, 3.8) is 0 Å². The number of carbonyl (C=O) groups excluding carboxylic acids is 2. The third kappa shape index (κ3) is 3.57. The van der Waals surface area contributed by atoms with Crippen LogP contribution in [-0.2, 0) is 19.4 Å². The van der Waals surface area contributed by atoms with E-state index in [1.165, 1.54) is 0 Å². The van der Waals surface area contributed by atoms with Crippen LogP contribution in [0.3, 0.4) is 0 Å². The largest absolute Gasteiger partial charge is 0.444 e. The number of carbonyl (C=O) groups is 2. The van der Waals surface area contributed by atoms with Crippen LogP contribution in [-0.4, -0.2) is 48.1 Å². The molecule has 2 aromatic carbocycles. The Kier molecular flexibility index (Phi) is 5.24. The second-order valence-corrected chi connectivity index (χ2v) is 12.7. The number of Topliss-reactive ketones (excluding diaryl/α,β-unsaturated/α-hetero) is 1. The molecule has 5 rings (SSSR count). The molecule has 2 bridgehead atoms. The van der Waals surface area contributed by atoms with Crippen molar-refractivity contribution in [1.29, 1.82) is 0 Å². The molecule has 0 N–H and O–H groups in total. The molecule has 0 saturated carbocycles. The van der Waals surface area contributed by atoms with Crippen LogP contribution in [0.2, 0.25) is 0 Å². The Bertz CT molecular complexity index is 1270. The van der Waals surface area contributed by atoms with E-state index in [-0.39, 0.29) is 23.0 Å². The molecule has 3 aliphatic rings. The van der Waals surface area contributed by atoms with Gasteiger partial charge in [0.25, 0.3) is 0 Å². The van der Waals surface area contributed by atoms with Gasteiger partial charge in [0.1, 0.15) is 5.60 Å². The average Bonchev–Trinajstić information content (AvgIpc) is 3.42. The van der Waals surface area contributed by atoms with Crippen molar-refractivity contribution in [2.24, 2.45) is 11.8 Å². The predicted molar refractivity (Wildman–Crippen MR) is 129 cm³/mol. The van der Waals surface area contributed by atoms with Gasteiger partial charge in [0, 0.05) is 17.5 Å². The molecule has 7 heteroatoms. The summed E-state index contributed by atoms with van der Waals surface area (Å²) >= 11 is 0. The maximum absolute atomic E-state index is 13.7. The molecule has 1 amide bonds. The summed E-state index contributed by atoms with van der Waals surface area (Å²) in [5.41, 5.74) is 1.68. The molecule has 178 valence electrons. The van der Waals surface area contributed by atoms with Crippen molar-refractivity contribution in [1.82, 2.24) is 4.90 Å². The van der Waals surface area contributed by atoms with Crippen LogP contribution in [0.15, 0.2) is 65.6 Å². The molecule has 0 unspecified atom stereocenters. The zero-order valence-corrected chi connectivity index (χ0v) is 20.6. The van der Waals surface area contributed by atoms with Crippen molar-refractivity contribution < 1.29 is 22.7 Å². The summed E-state index contributed by atoms with van der Waals surface area (Å²) in [6.07, 6.45) is 1.56. The molecular weight excluding hydrogens is 450 g/mol. The van der Waals surface area contributed by atoms with Crippen LogP contribution in [0.25, 0.3) is 5.57 Å². The lowest BCUT2D eigenvalue weighted by Gasteiger charge is -2.30. The van der Waals surface area contributed by atoms with Gasteiger partial charge in [0.2, 0.25) is 0 Å². The van der Waals surface area contributed by atoms with Gasteiger partial charge in [-0.1, -0.05) is 54.1 Å². The van der Waals surface area contributed by atoms with Crippen molar-refractivity contribution in [3.05, 3.63) is 71.8 Å². The Labute approximate surface area is 200 Å². The lowest BCUT2D eigenvalue weighted by atomic mass is 9.80. The van der Waals surface area contributed by atoms with Gasteiger partial charge >= 0.3 is 6.09 Å². The summed E-state index contributed by atoms with van der Waals surface area (Å²) in [6.45, 7) is 7.25. The fourth-order valence-electron chi connectivity index (χ4n) is 5.76. The highest BCUT2D eigenvalue weighted by atomic mass is 32.2. The standard InChI is InChI=1S/C27H29NO5S/c1-16-10-12-18(13-11-16)34(31,32)22-15-21-23-20(24(22)28(21)26(30)33-27(2,3)4)14-19(25(23)29)17-8-6-5-7-9-17/h5-14,20-24H,15H2,1-4H3/t20-,21-,22-,23+,24-/m0/s1. The minimum Gasteiger partial charge on any atom is -0.444 e. The highest BCUT2D eigenvalue weighted by Gasteiger charge is 2.66. The van der Waals surface area contributed by atoms with E-state index in [0.29, 0.717) is 5.57 Å². The summed E-state index contributed by atoms with van der Waals surface area (Å²) < 4.78 is 33.1. The lowest BCUT2D eigenvalue weighted by Crippen LogP contribution is -2.45. The number of amides is 1. The van der Waals surface area contributed by atoms with Crippen molar-refractivity contribution >= 4 is 27.3 Å². The van der Waals surface area contributed by atoms with Crippen LogP contribution >= 0.6 is 0 Å². The zero-order chi connectivity index (χ0) is 24.4. The number of sulfone groups is 1. The van der Waals surface area contributed by atoms with E-state index in [0.717, 1.165) is 11.1 Å². The molecule has 0 aromatic heterocycles. The van der Waals surface area contributed by atoms with Crippen LogP contribution in [0.5, 0.6) is 0 Å². The van der Waals surface area contributed by atoms with Crippen molar-refractivity contribution in [3.8, 4) is 0 Å². The fourth-order valence-corrected chi connectivity index (χ4v) is 7.76. The molecule has 2 aliphatic heterocycles. The lowest BCUT2D eigenvalue weighted by molar-refractivity contribution is -0.118. The molecule has 0 spiro atoms. The third-order valence-corrected chi connectivity index (χ3v) is 9.32. The normalized spacial score (nSPS) is 28.1. The number of aryl methyl sites for hydroxylation is 1. The van der Waals surface area contributed by atoms with E-state index < -0.39 is 44.8 Å². The summed E-state index contributed by atoms with van der Waals surface area (Å²) in [4.78, 5) is 28.5. The molecule has 2 fully saturated rings. The summed E-state index contributed by atoms with van der Waals surface area (Å²) in [5.74, 6) is -0.833. The SMILES string of the molecule is Cc1ccc(S(=O)(=O)[C@H]2C[C@H]3[C@@H]4C(=O)C(c5ccccc5)=C[C@@H]4[C@@H]2N3C(=O)OC(C)(C)C)cc1. The first-order chi connectivity index (χ1) is 16.0. The Morgan fingerprint density at radius 3 is 2.29 bits per heavy atom. The molecule has 1 aliphatic carbocycles. The minimum atomic E-state index is -3.72. The van der Waals surface area contributed by atoms with Crippen molar-refractivity contribution in [2.45, 2.75) is 61.9 Å². The fraction of sp³-hybridized carbons (Fsp3) is 0.407. The van der Waals surface area contributed by atoms with Crippen LogP contribution < -0.4 is 0 Å². The second kappa shape index (κ2) is 7.80. The van der Waals surface area contributed by atoms with Gasteiger partial charge in [-0.3, -0.25) is 9.69 Å². The Morgan fingerprint density at radius 1 is 1.03 bits per heavy atom. The monoisotopic (exact) mass is 479 g/mol. The number of hydrogen-bond donors (Lipinski definition) is 0. The summed E-state index contributed by atoms with van der Waals surface area (Å²) in [6, 6.07) is 15.1. The van der Waals surface area contributed by atoms with Gasteiger partial charge in [-0.2, -0.15) is 0 Å². The predicted octanol–water partition coefficient (Wildman–Crippen LogP) is 4.43. The quantitative estimate of drug-likeness (QED) is 0.651. The van der Waals surface area contributed by atoms with Crippen LogP contribution in [0.1, 0.15) is 38.3 Å². The highest BCUT2D eigenvalue weighted by molar-refractivity contribution is 7.92. The van der Waals surface area contributed by atoms with Gasteiger partial charge in [0.05, 0.1) is 22.1 Å². The number of fused-ring (bicyclic) bond motifs is 5. The summed E-state index contributed by atoms with van der Waals surface area (Å²) in [7, 11) is -3.72. The van der Waals surface area contributed by atoms with Gasteiger partial charge in [-0.15, -0.1) is 0 Å². The first-order valence-corrected chi connectivity index (χ1v) is 13.2. The highest BCUT2D eigenvalue weighted by Crippen LogP contribution is 2.55. The second-order valence-electron chi connectivity index (χ2n) is 10.5. The Morgan fingerprint density at radius 2 is 1.68 bits per heavy atom. The topological polar surface area (TPSA) is 80.8 Å². The van der Waals surface area contributed by atoms with Gasteiger partial charge < -0.3 is 4.74 Å². The van der Waals surface area contributed by atoms with E-state index in [2.05, 4.69) is 0 Å². The molecule has 6 nitrogen and oxygen atoms in total. The van der Waals surface area contributed by atoms with E-state index in [4.69, 9.17) is 4.74 Å². The van der Waals surface area contributed by atoms with Gasteiger partial charge in [-0.05, 0) is 51.8 Å². The Hall–Kier alpha value is -2.93. The number of nitrogens with zero attached hydrogens (tertiary/aromatic N) is 1. The molecule has 5 atom stereocenters. The average molecular weight is 480 g/mol. The number of ketones is 1. The van der Waals surface area contributed by atoms with Crippen molar-refractivity contribution in [2.75, 3.05) is 0 Å². The minimum absolute atomic E-state index is 0.0246. The van der Waals surface area contributed by atoms with E-state index in [9.17, 15) is 18.0 Å². The molecule has 34 heavy (non-hydrogen) atoms. The van der Waals surface area contributed by atoms with Gasteiger partial charge in [-0.25, -0.2) is 13.2 Å². The Balaban J connectivity index is 1.57. The molecular formula is C27H29NO5S. The first-order valence-electron chi connectivity index (χ1n) is 11.6. The smallest absolute Gasteiger partial charge is 0.410 e. The molecule has 0 radical (unpaired) electrons.